The first-order chi connectivity index (χ1) is 11.8. The fraction of sp³-hybridized carbons (Fsp3) is 0.300. The predicted molar refractivity (Wildman–Crippen MR) is 104 cm³/mol. The van der Waals surface area contributed by atoms with Gasteiger partial charge in [-0.15, -0.1) is 0 Å². The van der Waals surface area contributed by atoms with Gasteiger partial charge in [0.05, 0.1) is 5.52 Å². The van der Waals surface area contributed by atoms with Gasteiger partial charge in [-0.05, 0) is 67.2 Å². The lowest BCUT2D eigenvalue weighted by atomic mass is 9.86. The van der Waals surface area contributed by atoms with Gasteiger partial charge in [-0.2, -0.15) is 0 Å². The summed E-state index contributed by atoms with van der Waals surface area (Å²) in [6.07, 6.45) is 4.44. The lowest BCUT2D eigenvalue weighted by Crippen LogP contribution is -2.15. The molecule has 3 aromatic rings. The van der Waals surface area contributed by atoms with Crippen LogP contribution in [-0.2, 0) is 19.3 Å². The molecule has 0 radical (unpaired) electrons. The van der Waals surface area contributed by atoms with E-state index in [2.05, 4.69) is 35.8 Å². The van der Waals surface area contributed by atoms with E-state index in [-0.39, 0.29) is 0 Å². The molecule has 0 aliphatic carbocycles. The van der Waals surface area contributed by atoms with Crippen molar-refractivity contribution in [2.45, 2.75) is 19.3 Å². The van der Waals surface area contributed by atoms with Gasteiger partial charge in [0, 0.05) is 16.3 Å². The first kappa shape index (κ1) is 16.7. The van der Waals surface area contributed by atoms with Gasteiger partial charge in [0.15, 0.2) is 0 Å². The number of rotatable bonds is 7. The van der Waals surface area contributed by atoms with Crippen LogP contribution in [0, 0.1) is 0 Å². The highest BCUT2D eigenvalue weighted by Crippen LogP contribution is 2.37. The molecule has 0 bridgehead atoms. The van der Waals surface area contributed by atoms with Crippen molar-refractivity contribution in [1.29, 1.82) is 0 Å². The Balaban J connectivity index is 2.50. The van der Waals surface area contributed by atoms with Crippen molar-refractivity contribution in [2.24, 2.45) is 17.2 Å². The molecule has 24 heavy (non-hydrogen) atoms. The summed E-state index contributed by atoms with van der Waals surface area (Å²) in [6.45, 7) is 5.90. The number of hydrogen-bond donors (Lipinski definition) is 4. The average Bonchev–Trinajstić information content (AvgIpc) is 2.98. The molecule has 4 heteroatoms. The summed E-state index contributed by atoms with van der Waals surface area (Å²) >= 11 is 0. The minimum Gasteiger partial charge on any atom is -0.354 e. The number of nitrogens with two attached hydrogens (primary N) is 3. The molecule has 0 unspecified atom stereocenters. The normalized spacial score (nSPS) is 11.5. The standard InChI is InChI=1S/C20H26N4/c1-2-13-14(7-10-21)15(8-11-22)16(9-12-23)20-19(13)17-5-3-4-6-18(17)24-20/h2-6,24H,1,7-12,21-23H2. The maximum absolute atomic E-state index is 5.92. The fourth-order valence-corrected chi connectivity index (χ4v) is 3.82. The van der Waals surface area contributed by atoms with E-state index in [0.717, 1.165) is 24.8 Å². The van der Waals surface area contributed by atoms with Crippen LogP contribution in [0.2, 0.25) is 0 Å². The first-order valence-corrected chi connectivity index (χ1v) is 8.56. The number of aromatic nitrogens is 1. The molecule has 126 valence electrons. The molecule has 0 fully saturated rings. The van der Waals surface area contributed by atoms with Gasteiger partial charge in [0.1, 0.15) is 0 Å². The van der Waals surface area contributed by atoms with Crippen LogP contribution in [0.5, 0.6) is 0 Å². The van der Waals surface area contributed by atoms with Crippen molar-refractivity contribution >= 4 is 27.9 Å². The molecule has 3 rings (SSSR count). The minimum atomic E-state index is 0.605. The third-order valence-corrected chi connectivity index (χ3v) is 4.72. The zero-order valence-electron chi connectivity index (χ0n) is 14.1. The molecule has 0 aliphatic heterocycles. The number of nitrogens with one attached hydrogen (secondary N) is 1. The SMILES string of the molecule is C=Cc1c(CCN)c(CCN)c(CCN)c2[nH]c3ccccc3c12. The second-order valence-electron chi connectivity index (χ2n) is 6.09. The van der Waals surface area contributed by atoms with Gasteiger partial charge in [0.2, 0.25) is 0 Å². The highest BCUT2D eigenvalue weighted by atomic mass is 14.7. The van der Waals surface area contributed by atoms with Gasteiger partial charge in [-0.3, -0.25) is 0 Å². The van der Waals surface area contributed by atoms with E-state index in [1.165, 1.54) is 38.5 Å². The summed E-state index contributed by atoms with van der Waals surface area (Å²) in [7, 11) is 0. The second-order valence-corrected chi connectivity index (χ2v) is 6.09. The van der Waals surface area contributed by atoms with Crippen LogP contribution in [-0.4, -0.2) is 24.6 Å². The predicted octanol–water partition coefficient (Wildman–Crippen LogP) is 2.47. The monoisotopic (exact) mass is 322 g/mol. The van der Waals surface area contributed by atoms with Crippen LogP contribution >= 0.6 is 0 Å². The van der Waals surface area contributed by atoms with E-state index in [9.17, 15) is 0 Å². The molecule has 0 amide bonds. The quantitative estimate of drug-likeness (QED) is 0.538. The molecular weight excluding hydrogens is 296 g/mol. The highest BCUT2D eigenvalue weighted by molar-refractivity contribution is 6.13. The Morgan fingerprint density at radius 2 is 1.50 bits per heavy atom. The van der Waals surface area contributed by atoms with E-state index >= 15 is 0 Å². The molecule has 0 aliphatic rings. The topological polar surface area (TPSA) is 93.8 Å². The summed E-state index contributed by atoms with van der Waals surface area (Å²) in [5, 5.41) is 2.45. The van der Waals surface area contributed by atoms with Crippen LogP contribution < -0.4 is 17.2 Å². The summed E-state index contributed by atoms with van der Waals surface area (Å²) in [4.78, 5) is 3.60. The Kier molecular flexibility index (Phi) is 5.00. The molecule has 4 nitrogen and oxygen atoms in total. The minimum absolute atomic E-state index is 0.605. The lowest BCUT2D eigenvalue weighted by Gasteiger charge is -2.19. The molecule has 0 spiro atoms. The van der Waals surface area contributed by atoms with Crippen molar-refractivity contribution in [2.75, 3.05) is 19.6 Å². The maximum atomic E-state index is 5.92. The second kappa shape index (κ2) is 7.18. The van der Waals surface area contributed by atoms with Crippen LogP contribution in [0.25, 0.3) is 27.9 Å². The number of aromatic amines is 1. The van der Waals surface area contributed by atoms with E-state index in [1.807, 2.05) is 6.08 Å². The third kappa shape index (κ3) is 2.63. The molecule has 0 atom stereocenters. The Bertz CT molecular complexity index is 876. The molecule has 0 saturated heterocycles. The molecule has 1 heterocycles. The number of para-hydroxylation sites is 1. The Morgan fingerprint density at radius 1 is 0.875 bits per heavy atom. The summed E-state index contributed by atoms with van der Waals surface area (Å²) in [6, 6.07) is 8.39. The number of fused-ring (bicyclic) bond motifs is 3. The Labute approximate surface area is 142 Å². The van der Waals surface area contributed by atoms with E-state index in [1.54, 1.807) is 0 Å². The lowest BCUT2D eigenvalue weighted by molar-refractivity contribution is 0.872. The van der Waals surface area contributed by atoms with Crippen LogP contribution in [0.15, 0.2) is 30.8 Å². The van der Waals surface area contributed by atoms with Crippen LogP contribution in [0.4, 0.5) is 0 Å². The Morgan fingerprint density at radius 3 is 2.17 bits per heavy atom. The van der Waals surface area contributed by atoms with Crippen molar-refractivity contribution < 1.29 is 0 Å². The van der Waals surface area contributed by atoms with E-state index in [0.29, 0.717) is 19.6 Å². The zero-order valence-corrected chi connectivity index (χ0v) is 14.1. The summed E-state index contributed by atoms with van der Waals surface area (Å²) in [5.74, 6) is 0. The van der Waals surface area contributed by atoms with Crippen LogP contribution in [0.3, 0.4) is 0 Å². The summed E-state index contributed by atoms with van der Waals surface area (Å²) < 4.78 is 0. The number of benzene rings is 2. The summed E-state index contributed by atoms with van der Waals surface area (Å²) in [5.41, 5.74) is 25.1. The first-order valence-electron chi connectivity index (χ1n) is 8.56. The third-order valence-electron chi connectivity index (χ3n) is 4.72. The van der Waals surface area contributed by atoms with Crippen molar-refractivity contribution in [3.63, 3.8) is 0 Å². The van der Waals surface area contributed by atoms with Gasteiger partial charge in [-0.25, -0.2) is 0 Å². The molecule has 7 N–H and O–H groups in total. The Hall–Kier alpha value is -2.14. The molecule has 0 saturated carbocycles. The maximum Gasteiger partial charge on any atom is 0.0506 e. The van der Waals surface area contributed by atoms with Crippen molar-refractivity contribution in [3.8, 4) is 0 Å². The number of H-pyrrole nitrogens is 1. The largest absolute Gasteiger partial charge is 0.354 e. The van der Waals surface area contributed by atoms with E-state index < -0.39 is 0 Å². The molecule has 2 aromatic carbocycles. The van der Waals surface area contributed by atoms with Gasteiger partial charge < -0.3 is 22.2 Å². The average molecular weight is 322 g/mol. The van der Waals surface area contributed by atoms with Gasteiger partial charge in [0.25, 0.3) is 0 Å². The fourth-order valence-electron chi connectivity index (χ4n) is 3.82. The van der Waals surface area contributed by atoms with Gasteiger partial charge >= 0.3 is 0 Å². The highest BCUT2D eigenvalue weighted by Gasteiger charge is 2.20. The number of hydrogen-bond acceptors (Lipinski definition) is 3. The van der Waals surface area contributed by atoms with E-state index in [4.69, 9.17) is 17.2 Å². The van der Waals surface area contributed by atoms with Crippen molar-refractivity contribution in [1.82, 2.24) is 4.98 Å². The molecular formula is C20H26N4. The molecule has 1 aromatic heterocycles. The van der Waals surface area contributed by atoms with Gasteiger partial charge in [-0.1, -0.05) is 30.9 Å². The zero-order chi connectivity index (χ0) is 17.1. The van der Waals surface area contributed by atoms with Crippen molar-refractivity contribution in [3.05, 3.63) is 53.1 Å². The smallest absolute Gasteiger partial charge is 0.0506 e. The van der Waals surface area contributed by atoms with Crippen LogP contribution in [0.1, 0.15) is 22.3 Å².